The van der Waals surface area contributed by atoms with Crippen LogP contribution in [0.2, 0.25) is 0 Å². The molecule has 0 saturated carbocycles. The number of fused-ring (bicyclic) bond motifs is 1. The molecule has 0 spiro atoms. The van der Waals surface area contributed by atoms with Gasteiger partial charge in [0.2, 0.25) is 0 Å². The SMILES string of the molecule is COc1ccc2[nH]c(=O)c(C(=O)NC3=CNC(C(=O)N4CCCOCC4)N3)cc2c1. The molecule has 2 aliphatic heterocycles. The summed E-state index contributed by atoms with van der Waals surface area (Å²) >= 11 is 0. The van der Waals surface area contributed by atoms with Crippen molar-refractivity contribution in [3.8, 4) is 5.75 Å². The molecule has 158 valence electrons. The van der Waals surface area contributed by atoms with Crippen LogP contribution >= 0.6 is 0 Å². The first-order valence-corrected chi connectivity index (χ1v) is 9.67. The standard InChI is InChI=1S/C20H23N5O5/c1-29-13-3-4-15-12(9-13)10-14(18(26)22-15)19(27)24-16-11-21-17(23-16)20(28)25-5-2-7-30-8-6-25/h3-4,9-11,17,21,23H,2,5-8H2,1H3,(H,22,26)(H,24,27). The predicted octanol–water partition coefficient (Wildman–Crippen LogP) is -0.167. The largest absolute Gasteiger partial charge is 0.497 e. The van der Waals surface area contributed by atoms with E-state index in [0.717, 1.165) is 6.42 Å². The minimum absolute atomic E-state index is 0.0436. The van der Waals surface area contributed by atoms with Crippen LogP contribution in [0, 0.1) is 0 Å². The topological polar surface area (TPSA) is 125 Å². The van der Waals surface area contributed by atoms with Crippen molar-refractivity contribution in [2.75, 3.05) is 33.4 Å². The Hall–Kier alpha value is -3.53. The monoisotopic (exact) mass is 413 g/mol. The highest BCUT2D eigenvalue weighted by Gasteiger charge is 2.28. The molecule has 0 radical (unpaired) electrons. The number of benzene rings is 1. The molecule has 1 atom stereocenters. The number of hydrogen-bond acceptors (Lipinski definition) is 7. The van der Waals surface area contributed by atoms with E-state index >= 15 is 0 Å². The second kappa shape index (κ2) is 8.46. The first kappa shape index (κ1) is 19.8. The van der Waals surface area contributed by atoms with Crippen molar-refractivity contribution in [3.05, 3.63) is 52.2 Å². The number of pyridine rings is 1. The molecule has 0 bridgehead atoms. The van der Waals surface area contributed by atoms with Crippen molar-refractivity contribution < 1.29 is 19.1 Å². The van der Waals surface area contributed by atoms with Crippen molar-refractivity contribution in [2.24, 2.45) is 0 Å². The summed E-state index contributed by atoms with van der Waals surface area (Å²) < 4.78 is 10.6. The molecule has 1 aromatic heterocycles. The average Bonchev–Trinajstić information content (AvgIpc) is 3.04. The molecule has 1 unspecified atom stereocenters. The summed E-state index contributed by atoms with van der Waals surface area (Å²) in [6.45, 7) is 2.29. The molecule has 0 aliphatic carbocycles. The van der Waals surface area contributed by atoms with E-state index in [4.69, 9.17) is 9.47 Å². The number of methoxy groups -OCH3 is 1. The molecule has 1 fully saturated rings. The van der Waals surface area contributed by atoms with Gasteiger partial charge >= 0.3 is 0 Å². The molecule has 2 aliphatic rings. The van der Waals surface area contributed by atoms with Crippen LogP contribution in [0.1, 0.15) is 16.8 Å². The Kier molecular flexibility index (Phi) is 5.57. The smallest absolute Gasteiger partial charge is 0.265 e. The maximum absolute atomic E-state index is 12.7. The zero-order valence-corrected chi connectivity index (χ0v) is 16.5. The second-order valence-electron chi connectivity index (χ2n) is 7.01. The number of amides is 2. The molecule has 2 aromatic rings. The van der Waals surface area contributed by atoms with Crippen molar-refractivity contribution >= 4 is 22.7 Å². The van der Waals surface area contributed by atoms with Gasteiger partial charge in [0.15, 0.2) is 6.17 Å². The van der Waals surface area contributed by atoms with Gasteiger partial charge in [0, 0.05) is 36.8 Å². The first-order valence-electron chi connectivity index (χ1n) is 9.67. The van der Waals surface area contributed by atoms with Gasteiger partial charge in [-0.2, -0.15) is 0 Å². The summed E-state index contributed by atoms with van der Waals surface area (Å²) in [5.74, 6) is 0.217. The number of rotatable bonds is 4. The Labute approximate surface area is 172 Å². The zero-order chi connectivity index (χ0) is 21.1. The summed E-state index contributed by atoms with van der Waals surface area (Å²) in [5.41, 5.74) is 0.0520. The van der Waals surface area contributed by atoms with Crippen LogP contribution < -0.4 is 26.2 Å². The number of nitrogens with one attached hydrogen (secondary N) is 4. The fourth-order valence-corrected chi connectivity index (χ4v) is 3.43. The van der Waals surface area contributed by atoms with E-state index in [0.29, 0.717) is 48.8 Å². The zero-order valence-electron chi connectivity index (χ0n) is 16.5. The number of carbonyl (C=O) groups is 2. The third kappa shape index (κ3) is 4.08. The number of carbonyl (C=O) groups excluding carboxylic acids is 2. The van der Waals surface area contributed by atoms with E-state index in [-0.39, 0.29) is 11.5 Å². The van der Waals surface area contributed by atoms with Crippen molar-refractivity contribution in [2.45, 2.75) is 12.6 Å². The van der Waals surface area contributed by atoms with Gasteiger partial charge < -0.3 is 35.3 Å². The number of aromatic amines is 1. The highest BCUT2D eigenvalue weighted by atomic mass is 16.5. The quantitative estimate of drug-likeness (QED) is 0.549. The lowest BCUT2D eigenvalue weighted by Gasteiger charge is -2.24. The van der Waals surface area contributed by atoms with Gasteiger partial charge in [0.05, 0.1) is 13.7 Å². The molecule has 2 amide bonds. The molecule has 1 saturated heterocycles. The van der Waals surface area contributed by atoms with Crippen molar-refractivity contribution in [1.29, 1.82) is 0 Å². The average molecular weight is 413 g/mol. The van der Waals surface area contributed by atoms with Gasteiger partial charge in [-0.3, -0.25) is 14.4 Å². The second-order valence-corrected chi connectivity index (χ2v) is 7.01. The molecule has 30 heavy (non-hydrogen) atoms. The fraction of sp³-hybridized carbons (Fsp3) is 0.350. The Morgan fingerprint density at radius 1 is 1.23 bits per heavy atom. The molecule has 4 rings (SSSR count). The molecular weight excluding hydrogens is 390 g/mol. The van der Waals surface area contributed by atoms with Gasteiger partial charge in [-0.1, -0.05) is 0 Å². The van der Waals surface area contributed by atoms with Crippen molar-refractivity contribution in [1.82, 2.24) is 25.8 Å². The van der Waals surface area contributed by atoms with Gasteiger partial charge in [-0.05, 0) is 30.7 Å². The van der Waals surface area contributed by atoms with Crippen LogP contribution in [-0.4, -0.2) is 61.3 Å². The Bertz CT molecular complexity index is 1060. The first-order chi connectivity index (χ1) is 14.5. The minimum Gasteiger partial charge on any atom is -0.497 e. The normalized spacial score (nSPS) is 18.8. The van der Waals surface area contributed by atoms with E-state index in [2.05, 4.69) is 20.9 Å². The molecule has 3 heterocycles. The van der Waals surface area contributed by atoms with Crippen LogP contribution in [0.25, 0.3) is 10.9 Å². The summed E-state index contributed by atoms with van der Waals surface area (Å²) in [6, 6.07) is 6.68. The summed E-state index contributed by atoms with van der Waals surface area (Å²) in [4.78, 5) is 42.1. The summed E-state index contributed by atoms with van der Waals surface area (Å²) in [7, 11) is 1.54. The number of nitrogens with zero attached hydrogens (tertiary/aromatic N) is 1. The van der Waals surface area contributed by atoms with Crippen LogP contribution in [-0.2, 0) is 9.53 Å². The molecule has 1 aromatic carbocycles. The molecule has 4 N–H and O–H groups in total. The third-order valence-electron chi connectivity index (χ3n) is 5.02. The van der Waals surface area contributed by atoms with Gasteiger partial charge in [-0.25, -0.2) is 0 Å². The minimum atomic E-state index is -0.683. The van der Waals surface area contributed by atoms with E-state index in [1.54, 1.807) is 30.2 Å². The van der Waals surface area contributed by atoms with E-state index in [1.807, 2.05) is 0 Å². The van der Waals surface area contributed by atoms with Crippen molar-refractivity contribution in [3.63, 3.8) is 0 Å². The number of ether oxygens (including phenoxy) is 2. The van der Waals surface area contributed by atoms with E-state index < -0.39 is 17.6 Å². The van der Waals surface area contributed by atoms with Crippen LogP contribution in [0.3, 0.4) is 0 Å². The number of aromatic nitrogens is 1. The highest BCUT2D eigenvalue weighted by Crippen LogP contribution is 2.18. The lowest BCUT2D eigenvalue weighted by molar-refractivity contribution is -0.133. The number of hydrogen-bond donors (Lipinski definition) is 4. The lowest BCUT2D eigenvalue weighted by atomic mass is 10.1. The Morgan fingerprint density at radius 3 is 2.93 bits per heavy atom. The third-order valence-corrected chi connectivity index (χ3v) is 5.02. The predicted molar refractivity (Wildman–Crippen MR) is 109 cm³/mol. The maximum Gasteiger partial charge on any atom is 0.265 e. The Balaban J connectivity index is 1.43. The van der Waals surface area contributed by atoms with E-state index in [9.17, 15) is 14.4 Å². The van der Waals surface area contributed by atoms with Crippen LogP contribution in [0.4, 0.5) is 0 Å². The summed E-state index contributed by atoms with van der Waals surface area (Å²) in [6.07, 6.45) is 1.61. The Morgan fingerprint density at radius 2 is 2.10 bits per heavy atom. The fourth-order valence-electron chi connectivity index (χ4n) is 3.43. The molecule has 10 nitrogen and oxygen atoms in total. The van der Waals surface area contributed by atoms with Gasteiger partial charge in [-0.15, -0.1) is 0 Å². The lowest BCUT2D eigenvalue weighted by Crippen LogP contribution is -2.51. The van der Waals surface area contributed by atoms with Crippen LogP contribution in [0.15, 0.2) is 41.1 Å². The summed E-state index contributed by atoms with van der Waals surface area (Å²) in [5, 5.41) is 9.16. The molecule has 10 heteroatoms. The van der Waals surface area contributed by atoms with E-state index in [1.165, 1.54) is 12.3 Å². The van der Waals surface area contributed by atoms with Gasteiger partial charge in [0.25, 0.3) is 17.4 Å². The van der Waals surface area contributed by atoms with Crippen LogP contribution in [0.5, 0.6) is 5.75 Å². The number of H-pyrrole nitrogens is 1. The molecular formula is C20H23N5O5. The highest BCUT2D eigenvalue weighted by molar-refractivity contribution is 5.98. The maximum atomic E-state index is 12.7. The van der Waals surface area contributed by atoms with Gasteiger partial charge in [0.1, 0.15) is 17.1 Å².